The molecule has 2 amide bonds. The Hall–Kier alpha value is -3.21. The van der Waals surface area contributed by atoms with Gasteiger partial charge in [-0.05, 0) is 53.6 Å². The Kier molecular flexibility index (Phi) is 4.08. The van der Waals surface area contributed by atoms with Gasteiger partial charge in [0.15, 0.2) is 0 Å². The average Bonchev–Trinajstić information content (AvgIpc) is 3.41. The first-order valence-corrected chi connectivity index (χ1v) is 9.57. The zero-order valence-electron chi connectivity index (χ0n) is 15.3. The average molecular weight is 372 g/mol. The zero-order chi connectivity index (χ0) is 19.1. The van der Waals surface area contributed by atoms with Gasteiger partial charge in [0.2, 0.25) is 0 Å². The van der Waals surface area contributed by atoms with E-state index in [9.17, 15) is 9.59 Å². The Bertz CT molecular complexity index is 935. The quantitative estimate of drug-likeness (QED) is 0.459. The lowest BCUT2D eigenvalue weighted by Gasteiger charge is -2.13. The molecular formula is C23H20N2O3. The lowest BCUT2D eigenvalue weighted by atomic mass is 9.85. The topological polar surface area (TPSA) is 59.0 Å². The minimum atomic E-state index is -0.214. The first-order valence-electron chi connectivity index (χ1n) is 9.57. The SMILES string of the molecule is O=C1[C@@H]2[C@H](C(=O)N1/N=C\c1ccc(OCc3ccccc3)cc1)[C@H]1C=C[C@H]2C1. The zero-order valence-corrected chi connectivity index (χ0v) is 15.3. The van der Waals surface area contributed by atoms with Crippen molar-refractivity contribution in [3.05, 3.63) is 77.9 Å². The molecule has 2 aromatic carbocycles. The number of amides is 2. The third kappa shape index (κ3) is 2.83. The van der Waals surface area contributed by atoms with Crippen LogP contribution in [0.2, 0.25) is 0 Å². The molecule has 0 aromatic heterocycles. The van der Waals surface area contributed by atoms with Crippen molar-refractivity contribution in [2.45, 2.75) is 13.0 Å². The van der Waals surface area contributed by atoms with E-state index >= 15 is 0 Å². The maximum atomic E-state index is 12.6. The molecule has 140 valence electrons. The molecule has 0 radical (unpaired) electrons. The number of allylic oxidation sites excluding steroid dienone is 2. The molecule has 1 saturated heterocycles. The highest BCUT2D eigenvalue weighted by atomic mass is 16.5. The second-order valence-corrected chi connectivity index (χ2v) is 7.58. The summed E-state index contributed by atoms with van der Waals surface area (Å²) in [6, 6.07) is 17.4. The van der Waals surface area contributed by atoms with Crippen LogP contribution in [-0.4, -0.2) is 23.0 Å². The monoisotopic (exact) mass is 372 g/mol. The van der Waals surface area contributed by atoms with E-state index in [1.54, 1.807) is 6.21 Å². The summed E-state index contributed by atoms with van der Waals surface area (Å²) in [7, 11) is 0. The van der Waals surface area contributed by atoms with Gasteiger partial charge in [-0.1, -0.05) is 42.5 Å². The molecule has 5 nitrogen and oxygen atoms in total. The van der Waals surface area contributed by atoms with Gasteiger partial charge in [-0.15, -0.1) is 0 Å². The highest BCUT2D eigenvalue weighted by Gasteiger charge is 2.59. The van der Waals surface area contributed by atoms with Crippen LogP contribution >= 0.6 is 0 Å². The minimum absolute atomic E-state index is 0.161. The number of hydrogen-bond donors (Lipinski definition) is 0. The standard InChI is InChI=1S/C23H20N2O3/c26-22-20-17-8-9-18(12-17)21(20)23(27)25(22)24-13-15-6-10-19(11-7-15)28-14-16-4-2-1-3-5-16/h1-11,13,17-18,20-21H,12,14H2/b24-13-/t17-,18-,20-,21+/m0/s1. The number of rotatable bonds is 5. The van der Waals surface area contributed by atoms with Crippen molar-refractivity contribution in [2.24, 2.45) is 28.8 Å². The molecule has 0 unspecified atom stereocenters. The molecule has 2 aliphatic carbocycles. The third-order valence-corrected chi connectivity index (χ3v) is 5.90. The number of carbonyl (C=O) groups excluding carboxylic acids is 2. The molecule has 0 spiro atoms. The molecule has 1 aliphatic heterocycles. The molecule has 0 N–H and O–H groups in total. The molecule has 2 fully saturated rings. The highest BCUT2D eigenvalue weighted by molar-refractivity contribution is 6.06. The van der Waals surface area contributed by atoms with Crippen LogP contribution in [0.4, 0.5) is 0 Å². The fourth-order valence-electron chi connectivity index (χ4n) is 4.52. The molecule has 5 rings (SSSR count). The predicted octanol–water partition coefficient (Wildman–Crippen LogP) is 3.41. The number of carbonyl (C=O) groups is 2. The minimum Gasteiger partial charge on any atom is -0.489 e. The largest absolute Gasteiger partial charge is 0.489 e. The number of nitrogens with zero attached hydrogens (tertiary/aromatic N) is 2. The fourth-order valence-corrected chi connectivity index (χ4v) is 4.52. The van der Waals surface area contributed by atoms with Crippen LogP contribution < -0.4 is 4.74 Å². The van der Waals surface area contributed by atoms with E-state index in [4.69, 9.17) is 4.74 Å². The van der Waals surface area contributed by atoms with Crippen LogP contribution in [0, 0.1) is 23.7 Å². The smallest absolute Gasteiger partial charge is 0.254 e. The van der Waals surface area contributed by atoms with Gasteiger partial charge in [-0.25, -0.2) is 0 Å². The molecule has 1 heterocycles. The fraction of sp³-hybridized carbons (Fsp3) is 0.261. The van der Waals surface area contributed by atoms with E-state index in [1.165, 1.54) is 0 Å². The third-order valence-electron chi connectivity index (χ3n) is 5.90. The summed E-state index contributed by atoms with van der Waals surface area (Å²) >= 11 is 0. The Balaban J connectivity index is 1.23. The van der Waals surface area contributed by atoms with Gasteiger partial charge >= 0.3 is 0 Å². The van der Waals surface area contributed by atoms with Crippen molar-refractivity contribution in [3.63, 3.8) is 0 Å². The van der Waals surface area contributed by atoms with Crippen molar-refractivity contribution in [2.75, 3.05) is 0 Å². The van der Waals surface area contributed by atoms with Crippen molar-refractivity contribution in [3.8, 4) is 5.75 Å². The van der Waals surface area contributed by atoms with Gasteiger partial charge in [0.05, 0.1) is 18.1 Å². The normalized spacial score (nSPS) is 27.8. The summed E-state index contributed by atoms with van der Waals surface area (Å²) in [4.78, 5) is 25.2. The maximum Gasteiger partial charge on any atom is 0.254 e. The highest BCUT2D eigenvalue weighted by Crippen LogP contribution is 2.52. The lowest BCUT2D eigenvalue weighted by Crippen LogP contribution is -2.28. The summed E-state index contributed by atoms with van der Waals surface area (Å²) < 4.78 is 5.77. The first-order chi connectivity index (χ1) is 13.7. The van der Waals surface area contributed by atoms with Gasteiger partial charge in [0.25, 0.3) is 11.8 Å². The number of imide groups is 1. The molecule has 28 heavy (non-hydrogen) atoms. The molecule has 1 saturated carbocycles. The van der Waals surface area contributed by atoms with Gasteiger partial charge in [0.1, 0.15) is 12.4 Å². The van der Waals surface area contributed by atoms with E-state index in [2.05, 4.69) is 17.3 Å². The Morgan fingerprint density at radius 3 is 2.21 bits per heavy atom. The van der Waals surface area contributed by atoms with Crippen LogP contribution in [0.15, 0.2) is 71.9 Å². The second-order valence-electron chi connectivity index (χ2n) is 7.58. The van der Waals surface area contributed by atoms with Gasteiger partial charge in [-0.2, -0.15) is 10.1 Å². The Morgan fingerprint density at radius 2 is 1.57 bits per heavy atom. The molecule has 2 bridgehead atoms. The van der Waals surface area contributed by atoms with Crippen LogP contribution in [0.5, 0.6) is 5.75 Å². The molecular weight excluding hydrogens is 352 g/mol. The number of hydrazone groups is 1. The number of benzene rings is 2. The first kappa shape index (κ1) is 16.9. The van der Waals surface area contributed by atoms with Crippen molar-refractivity contribution in [1.29, 1.82) is 0 Å². The summed E-state index contributed by atoms with van der Waals surface area (Å²) in [5, 5.41) is 5.27. The number of ether oxygens (including phenoxy) is 1. The van der Waals surface area contributed by atoms with Gasteiger partial charge in [0, 0.05) is 0 Å². The van der Waals surface area contributed by atoms with Crippen molar-refractivity contribution in [1.82, 2.24) is 5.01 Å². The van der Waals surface area contributed by atoms with E-state index in [0.717, 1.165) is 28.3 Å². The van der Waals surface area contributed by atoms with Crippen molar-refractivity contribution >= 4 is 18.0 Å². The van der Waals surface area contributed by atoms with E-state index < -0.39 is 0 Å². The van der Waals surface area contributed by atoms with Crippen LogP contribution in [0.25, 0.3) is 0 Å². The Morgan fingerprint density at radius 1 is 0.929 bits per heavy atom. The van der Waals surface area contributed by atoms with Crippen LogP contribution in [0.3, 0.4) is 0 Å². The number of hydrogen-bond acceptors (Lipinski definition) is 4. The van der Waals surface area contributed by atoms with E-state index in [-0.39, 0.29) is 35.5 Å². The summed E-state index contributed by atoms with van der Waals surface area (Å²) in [6.45, 7) is 0.504. The molecule has 5 heteroatoms. The van der Waals surface area contributed by atoms with Crippen LogP contribution in [-0.2, 0) is 16.2 Å². The van der Waals surface area contributed by atoms with E-state index in [1.807, 2.05) is 54.6 Å². The van der Waals surface area contributed by atoms with Crippen LogP contribution in [0.1, 0.15) is 17.5 Å². The van der Waals surface area contributed by atoms with Gasteiger partial charge < -0.3 is 4.74 Å². The summed E-state index contributed by atoms with van der Waals surface area (Å²) in [5.41, 5.74) is 1.92. The number of fused-ring (bicyclic) bond motifs is 5. The second kappa shape index (κ2) is 6.75. The molecule has 3 aliphatic rings. The predicted molar refractivity (Wildman–Crippen MR) is 104 cm³/mol. The maximum absolute atomic E-state index is 12.6. The van der Waals surface area contributed by atoms with Gasteiger partial charge in [-0.3, -0.25) is 9.59 Å². The van der Waals surface area contributed by atoms with Crippen molar-refractivity contribution < 1.29 is 14.3 Å². The summed E-state index contributed by atoms with van der Waals surface area (Å²) in [5.74, 6) is 0.408. The van der Waals surface area contributed by atoms with E-state index in [0.29, 0.717) is 6.61 Å². The summed E-state index contributed by atoms with van der Waals surface area (Å²) in [6.07, 6.45) is 6.65. The molecule has 2 aromatic rings. The lowest BCUT2D eigenvalue weighted by molar-refractivity contribution is -0.140. The molecule has 4 atom stereocenters. The Labute approximate surface area is 163 Å².